The number of hydrogen-bond acceptors (Lipinski definition) is 2. The Balaban J connectivity index is 1.86. The summed E-state index contributed by atoms with van der Waals surface area (Å²) < 4.78 is 6.03. The first-order chi connectivity index (χ1) is 8.69. The molecule has 0 unspecified atom stereocenters. The van der Waals surface area contributed by atoms with Crippen LogP contribution in [-0.2, 0) is 9.53 Å². The van der Waals surface area contributed by atoms with Crippen molar-refractivity contribution < 1.29 is 9.53 Å². The highest BCUT2D eigenvalue weighted by Gasteiger charge is 2.24. The van der Waals surface area contributed by atoms with Crippen LogP contribution < -0.4 is 0 Å². The number of halogens is 1. The lowest BCUT2D eigenvalue weighted by Gasteiger charge is -2.28. The molecular weight excluding hydrogens is 339 g/mol. The van der Waals surface area contributed by atoms with Gasteiger partial charge >= 0.3 is 5.97 Å². The fourth-order valence-electron chi connectivity index (χ4n) is 2.75. The van der Waals surface area contributed by atoms with Crippen LogP contribution in [0, 0.1) is 9.49 Å². The maximum atomic E-state index is 11.2. The number of ether oxygens (including phenoxy) is 1. The molecular formula is C15H19IO2. The Hall–Kier alpha value is -0.580. The van der Waals surface area contributed by atoms with Crippen molar-refractivity contribution in [2.24, 2.45) is 5.92 Å². The third-order valence-corrected chi connectivity index (χ3v) is 4.59. The first-order valence-corrected chi connectivity index (χ1v) is 7.59. The summed E-state index contributed by atoms with van der Waals surface area (Å²) in [4.78, 5) is 11.2. The summed E-state index contributed by atoms with van der Waals surface area (Å²) in [6, 6.07) is 8.84. The molecule has 0 radical (unpaired) electrons. The monoisotopic (exact) mass is 358 g/mol. The van der Waals surface area contributed by atoms with Crippen molar-refractivity contribution in [3.63, 3.8) is 0 Å². The van der Waals surface area contributed by atoms with E-state index >= 15 is 0 Å². The molecule has 0 bridgehead atoms. The van der Waals surface area contributed by atoms with Gasteiger partial charge in [0.1, 0.15) is 0 Å². The second kappa shape index (κ2) is 6.55. The fourth-order valence-corrected chi connectivity index (χ4v) is 3.11. The van der Waals surface area contributed by atoms with E-state index in [-0.39, 0.29) is 5.97 Å². The molecule has 3 heteroatoms. The molecule has 0 atom stereocenters. The van der Waals surface area contributed by atoms with Gasteiger partial charge in [-0.2, -0.15) is 0 Å². The Kier molecular flexibility index (Phi) is 5.03. The van der Waals surface area contributed by atoms with Gasteiger partial charge in [-0.05, 0) is 77.8 Å². The molecule has 98 valence electrons. The number of hydrogen-bond donors (Lipinski definition) is 0. The van der Waals surface area contributed by atoms with E-state index in [1.54, 1.807) is 0 Å². The lowest BCUT2D eigenvalue weighted by Crippen LogP contribution is -2.17. The first-order valence-electron chi connectivity index (χ1n) is 6.51. The lowest BCUT2D eigenvalue weighted by molar-refractivity contribution is -0.142. The average Bonchev–Trinajstić information content (AvgIpc) is 2.40. The molecule has 18 heavy (non-hydrogen) atoms. The van der Waals surface area contributed by atoms with Crippen LogP contribution in [0.1, 0.15) is 43.6 Å². The van der Waals surface area contributed by atoms with Gasteiger partial charge in [0.15, 0.2) is 0 Å². The molecule has 1 aromatic rings. The van der Waals surface area contributed by atoms with Crippen molar-refractivity contribution in [2.75, 3.05) is 7.11 Å². The summed E-state index contributed by atoms with van der Waals surface area (Å²) in [5.74, 6) is 1.14. The van der Waals surface area contributed by atoms with E-state index in [2.05, 4.69) is 46.9 Å². The number of rotatable bonds is 3. The van der Waals surface area contributed by atoms with E-state index in [1.165, 1.54) is 29.1 Å². The van der Waals surface area contributed by atoms with Crippen molar-refractivity contribution in [3.05, 3.63) is 33.4 Å². The Bertz CT molecular complexity index is 391. The molecule has 0 heterocycles. The van der Waals surface area contributed by atoms with Gasteiger partial charge in [0.25, 0.3) is 0 Å². The van der Waals surface area contributed by atoms with Gasteiger partial charge in [-0.15, -0.1) is 0 Å². The fraction of sp³-hybridized carbons (Fsp3) is 0.533. The van der Waals surface area contributed by atoms with Crippen molar-refractivity contribution in [2.45, 2.75) is 38.0 Å². The minimum atomic E-state index is -0.0623. The zero-order valence-corrected chi connectivity index (χ0v) is 12.9. The minimum Gasteiger partial charge on any atom is -0.469 e. The largest absolute Gasteiger partial charge is 0.469 e. The van der Waals surface area contributed by atoms with E-state index in [9.17, 15) is 4.79 Å². The zero-order chi connectivity index (χ0) is 13.0. The third kappa shape index (κ3) is 3.70. The van der Waals surface area contributed by atoms with E-state index in [4.69, 9.17) is 4.74 Å². The van der Waals surface area contributed by atoms with Crippen molar-refractivity contribution in [1.29, 1.82) is 0 Å². The van der Waals surface area contributed by atoms with Gasteiger partial charge in [0.2, 0.25) is 0 Å². The minimum absolute atomic E-state index is 0.0623. The normalized spacial score (nSPS) is 23.7. The highest BCUT2D eigenvalue weighted by atomic mass is 127. The van der Waals surface area contributed by atoms with Crippen molar-refractivity contribution >= 4 is 28.6 Å². The topological polar surface area (TPSA) is 26.3 Å². The summed E-state index contributed by atoms with van der Waals surface area (Å²) in [6.07, 6.45) is 5.28. The van der Waals surface area contributed by atoms with Crippen molar-refractivity contribution in [1.82, 2.24) is 0 Å². The van der Waals surface area contributed by atoms with Crippen LogP contribution in [0.25, 0.3) is 0 Å². The molecule has 0 saturated heterocycles. The molecule has 1 aliphatic rings. The Labute approximate surface area is 122 Å². The first kappa shape index (κ1) is 13.8. The molecule has 2 nitrogen and oxygen atoms in total. The summed E-state index contributed by atoms with van der Waals surface area (Å²) in [5, 5.41) is 0. The third-order valence-electron chi connectivity index (χ3n) is 3.87. The smallest absolute Gasteiger partial charge is 0.305 e. The zero-order valence-electron chi connectivity index (χ0n) is 10.7. The molecule has 0 spiro atoms. The van der Waals surface area contributed by atoms with E-state index < -0.39 is 0 Å². The Morgan fingerprint density at radius 1 is 1.22 bits per heavy atom. The Morgan fingerprint density at radius 3 is 2.39 bits per heavy atom. The van der Waals surface area contributed by atoms with Gasteiger partial charge < -0.3 is 4.74 Å². The number of benzene rings is 1. The highest BCUT2D eigenvalue weighted by Crippen LogP contribution is 2.37. The molecule has 0 N–H and O–H groups in total. The standard InChI is InChI=1S/C15H19IO2/c1-18-15(17)10-11-2-4-12(5-3-11)13-6-8-14(16)9-7-13/h6-9,11-12H,2-5,10H2,1H3. The van der Waals surface area contributed by atoms with Crippen LogP contribution >= 0.6 is 22.6 Å². The predicted molar refractivity (Wildman–Crippen MR) is 80.5 cm³/mol. The molecule has 1 fully saturated rings. The summed E-state index contributed by atoms with van der Waals surface area (Å²) in [7, 11) is 1.47. The van der Waals surface area contributed by atoms with Crippen LogP contribution in [0.2, 0.25) is 0 Å². The molecule has 0 amide bonds. The lowest BCUT2D eigenvalue weighted by atomic mass is 9.77. The van der Waals surface area contributed by atoms with Crippen LogP contribution in [-0.4, -0.2) is 13.1 Å². The van der Waals surface area contributed by atoms with Crippen LogP contribution in [0.3, 0.4) is 0 Å². The van der Waals surface area contributed by atoms with Crippen LogP contribution in [0.5, 0.6) is 0 Å². The van der Waals surface area contributed by atoms with Crippen LogP contribution in [0.4, 0.5) is 0 Å². The van der Waals surface area contributed by atoms with Gasteiger partial charge in [-0.1, -0.05) is 12.1 Å². The van der Waals surface area contributed by atoms with Gasteiger partial charge in [-0.25, -0.2) is 0 Å². The maximum absolute atomic E-state index is 11.2. The second-order valence-corrected chi connectivity index (χ2v) is 6.30. The van der Waals surface area contributed by atoms with Gasteiger partial charge in [-0.3, -0.25) is 4.79 Å². The maximum Gasteiger partial charge on any atom is 0.305 e. The quantitative estimate of drug-likeness (QED) is 0.600. The molecule has 2 rings (SSSR count). The molecule has 1 aromatic carbocycles. The number of esters is 1. The molecule has 1 aliphatic carbocycles. The van der Waals surface area contributed by atoms with E-state index in [0.29, 0.717) is 18.3 Å². The van der Waals surface area contributed by atoms with Gasteiger partial charge in [0.05, 0.1) is 7.11 Å². The van der Waals surface area contributed by atoms with E-state index in [0.717, 1.165) is 12.8 Å². The number of methoxy groups -OCH3 is 1. The molecule has 1 saturated carbocycles. The SMILES string of the molecule is COC(=O)CC1CCC(c2ccc(I)cc2)CC1. The van der Waals surface area contributed by atoms with Crippen molar-refractivity contribution in [3.8, 4) is 0 Å². The number of carbonyl (C=O) groups is 1. The predicted octanol–water partition coefficient (Wildman–Crippen LogP) is 4.13. The number of carbonyl (C=O) groups excluding carboxylic acids is 1. The highest BCUT2D eigenvalue weighted by molar-refractivity contribution is 14.1. The summed E-state index contributed by atoms with van der Waals surface area (Å²) in [6.45, 7) is 0. The molecule has 0 aliphatic heterocycles. The van der Waals surface area contributed by atoms with Gasteiger partial charge in [0, 0.05) is 9.99 Å². The van der Waals surface area contributed by atoms with Crippen LogP contribution in [0.15, 0.2) is 24.3 Å². The molecule has 0 aromatic heterocycles. The average molecular weight is 358 g/mol. The summed E-state index contributed by atoms with van der Waals surface area (Å²) in [5.41, 5.74) is 1.45. The summed E-state index contributed by atoms with van der Waals surface area (Å²) >= 11 is 2.34. The second-order valence-electron chi connectivity index (χ2n) is 5.05. The Morgan fingerprint density at radius 2 is 1.83 bits per heavy atom. The van der Waals surface area contributed by atoms with E-state index in [1.807, 2.05) is 0 Å².